The van der Waals surface area contributed by atoms with Crippen LogP contribution in [0.4, 0.5) is 5.82 Å². The summed E-state index contributed by atoms with van der Waals surface area (Å²) in [5, 5.41) is 7.91. The van der Waals surface area contributed by atoms with Gasteiger partial charge in [-0.25, -0.2) is 0 Å². The van der Waals surface area contributed by atoms with Crippen molar-refractivity contribution >= 4 is 5.82 Å². The third kappa shape index (κ3) is 1.95. The van der Waals surface area contributed by atoms with E-state index in [0.29, 0.717) is 0 Å². The van der Waals surface area contributed by atoms with Crippen LogP contribution >= 0.6 is 0 Å². The first-order valence-electron chi connectivity index (χ1n) is 4.50. The van der Waals surface area contributed by atoms with Crippen molar-refractivity contribution < 1.29 is 4.74 Å². The van der Waals surface area contributed by atoms with E-state index in [0.717, 1.165) is 25.5 Å². The molecule has 0 radical (unpaired) electrons. The Hall–Kier alpha value is -1.16. The van der Waals surface area contributed by atoms with E-state index in [1.165, 1.54) is 0 Å². The molecule has 1 aliphatic heterocycles. The summed E-state index contributed by atoms with van der Waals surface area (Å²) in [7, 11) is 0. The van der Waals surface area contributed by atoms with Gasteiger partial charge in [-0.3, -0.25) is 0 Å². The first-order valence-corrected chi connectivity index (χ1v) is 4.50. The monoisotopic (exact) mass is 179 g/mol. The summed E-state index contributed by atoms with van der Waals surface area (Å²) in [5.41, 5.74) is 0. The molecule has 1 saturated heterocycles. The molecule has 0 N–H and O–H groups in total. The highest BCUT2D eigenvalue weighted by molar-refractivity contribution is 5.36. The highest BCUT2D eigenvalue weighted by Crippen LogP contribution is 2.12. The Kier molecular flexibility index (Phi) is 2.40. The minimum atomic E-state index is 0.288. The Labute approximate surface area is 77.5 Å². The smallest absolute Gasteiger partial charge is 0.151 e. The SMILES string of the molecule is CC1CN(c2cccnn2)CCO1. The zero-order valence-corrected chi connectivity index (χ0v) is 7.68. The largest absolute Gasteiger partial charge is 0.375 e. The molecule has 1 fully saturated rings. The second kappa shape index (κ2) is 3.70. The van der Waals surface area contributed by atoms with E-state index in [-0.39, 0.29) is 6.10 Å². The molecule has 1 unspecified atom stereocenters. The van der Waals surface area contributed by atoms with Crippen molar-refractivity contribution in [3.05, 3.63) is 18.3 Å². The zero-order valence-electron chi connectivity index (χ0n) is 7.68. The van der Waals surface area contributed by atoms with Gasteiger partial charge in [0.1, 0.15) is 0 Å². The first kappa shape index (κ1) is 8.44. The molecule has 4 nitrogen and oxygen atoms in total. The van der Waals surface area contributed by atoms with Crippen molar-refractivity contribution in [3.8, 4) is 0 Å². The topological polar surface area (TPSA) is 38.2 Å². The van der Waals surface area contributed by atoms with Crippen molar-refractivity contribution in [3.63, 3.8) is 0 Å². The van der Waals surface area contributed by atoms with E-state index in [1.807, 2.05) is 12.1 Å². The second-order valence-electron chi connectivity index (χ2n) is 3.21. The van der Waals surface area contributed by atoms with Gasteiger partial charge in [0.05, 0.1) is 12.7 Å². The van der Waals surface area contributed by atoms with Gasteiger partial charge < -0.3 is 9.64 Å². The Morgan fingerprint density at radius 1 is 1.62 bits per heavy atom. The number of hydrogen-bond donors (Lipinski definition) is 0. The summed E-state index contributed by atoms with van der Waals surface area (Å²) in [5.74, 6) is 0.942. The van der Waals surface area contributed by atoms with E-state index in [4.69, 9.17) is 4.74 Å². The number of aromatic nitrogens is 2. The maximum Gasteiger partial charge on any atom is 0.151 e. The molecule has 0 amide bonds. The van der Waals surface area contributed by atoms with Crippen molar-refractivity contribution in [2.45, 2.75) is 13.0 Å². The van der Waals surface area contributed by atoms with Crippen molar-refractivity contribution in [2.75, 3.05) is 24.6 Å². The summed E-state index contributed by atoms with van der Waals surface area (Å²) in [6, 6.07) is 3.88. The number of nitrogens with zero attached hydrogens (tertiary/aromatic N) is 3. The van der Waals surface area contributed by atoms with Crippen LogP contribution in [0.5, 0.6) is 0 Å². The lowest BCUT2D eigenvalue weighted by Gasteiger charge is -2.31. The number of anilines is 1. The molecule has 1 aliphatic rings. The number of rotatable bonds is 1. The summed E-state index contributed by atoms with van der Waals surface area (Å²) < 4.78 is 5.44. The maximum atomic E-state index is 5.44. The van der Waals surface area contributed by atoms with Gasteiger partial charge in [-0.2, -0.15) is 5.10 Å². The van der Waals surface area contributed by atoms with Crippen LogP contribution in [-0.4, -0.2) is 36.0 Å². The van der Waals surface area contributed by atoms with Crippen molar-refractivity contribution in [2.24, 2.45) is 0 Å². The Morgan fingerprint density at radius 2 is 2.54 bits per heavy atom. The average Bonchev–Trinajstić information content (AvgIpc) is 2.19. The Balaban J connectivity index is 2.08. The van der Waals surface area contributed by atoms with E-state index in [9.17, 15) is 0 Å². The molecule has 0 bridgehead atoms. The minimum Gasteiger partial charge on any atom is -0.375 e. The van der Waals surface area contributed by atoms with Crippen LogP contribution in [0.2, 0.25) is 0 Å². The molecule has 1 aromatic rings. The van der Waals surface area contributed by atoms with Gasteiger partial charge >= 0.3 is 0 Å². The van der Waals surface area contributed by atoms with Gasteiger partial charge in [0.25, 0.3) is 0 Å². The predicted octanol–water partition coefficient (Wildman–Crippen LogP) is 0.702. The molecule has 0 saturated carbocycles. The van der Waals surface area contributed by atoms with Crippen molar-refractivity contribution in [1.29, 1.82) is 0 Å². The van der Waals surface area contributed by atoms with E-state index >= 15 is 0 Å². The lowest BCUT2D eigenvalue weighted by Crippen LogP contribution is -2.41. The summed E-state index contributed by atoms with van der Waals surface area (Å²) >= 11 is 0. The summed E-state index contributed by atoms with van der Waals surface area (Å²) in [6.45, 7) is 4.65. The molecule has 2 heterocycles. The van der Waals surface area contributed by atoms with Crippen LogP contribution in [0.1, 0.15) is 6.92 Å². The molecule has 70 valence electrons. The fraction of sp³-hybridized carbons (Fsp3) is 0.556. The van der Waals surface area contributed by atoms with E-state index in [2.05, 4.69) is 22.0 Å². The molecule has 1 atom stereocenters. The van der Waals surface area contributed by atoms with Gasteiger partial charge in [-0.15, -0.1) is 5.10 Å². The van der Waals surface area contributed by atoms with E-state index < -0.39 is 0 Å². The van der Waals surface area contributed by atoms with Gasteiger partial charge in [0, 0.05) is 19.3 Å². The molecular formula is C9H13N3O. The molecule has 0 aliphatic carbocycles. The summed E-state index contributed by atoms with van der Waals surface area (Å²) in [4.78, 5) is 2.20. The predicted molar refractivity (Wildman–Crippen MR) is 49.7 cm³/mol. The fourth-order valence-corrected chi connectivity index (χ4v) is 1.49. The molecule has 0 aromatic carbocycles. The number of ether oxygens (including phenoxy) is 1. The zero-order chi connectivity index (χ0) is 9.10. The molecule has 4 heteroatoms. The van der Waals surface area contributed by atoms with Gasteiger partial charge in [-0.05, 0) is 19.1 Å². The highest BCUT2D eigenvalue weighted by atomic mass is 16.5. The molecular weight excluding hydrogens is 166 g/mol. The van der Waals surface area contributed by atoms with Crippen LogP contribution in [0.25, 0.3) is 0 Å². The van der Waals surface area contributed by atoms with Gasteiger partial charge in [-0.1, -0.05) is 0 Å². The standard InChI is InChI=1S/C9H13N3O/c1-8-7-12(5-6-13-8)9-3-2-4-10-11-9/h2-4,8H,5-7H2,1H3. The lowest BCUT2D eigenvalue weighted by molar-refractivity contribution is 0.0529. The fourth-order valence-electron chi connectivity index (χ4n) is 1.49. The molecule has 2 rings (SSSR count). The normalized spacial score (nSPS) is 23.2. The molecule has 0 spiro atoms. The van der Waals surface area contributed by atoms with Crippen LogP contribution in [0, 0.1) is 0 Å². The Bertz CT molecular complexity index is 265. The van der Waals surface area contributed by atoms with Crippen LogP contribution in [0.15, 0.2) is 18.3 Å². The molecule has 1 aromatic heterocycles. The Morgan fingerprint density at radius 3 is 3.23 bits per heavy atom. The van der Waals surface area contributed by atoms with Crippen molar-refractivity contribution in [1.82, 2.24) is 10.2 Å². The number of hydrogen-bond acceptors (Lipinski definition) is 4. The summed E-state index contributed by atoms with van der Waals surface area (Å²) in [6.07, 6.45) is 1.98. The van der Waals surface area contributed by atoms with Gasteiger partial charge in [0.2, 0.25) is 0 Å². The van der Waals surface area contributed by atoms with Gasteiger partial charge in [0.15, 0.2) is 5.82 Å². The minimum absolute atomic E-state index is 0.288. The number of morpholine rings is 1. The second-order valence-corrected chi connectivity index (χ2v) is 3.21. The van der Waals surface area contributed by atoms with Crippen LogP contribution in [-0.2, 0) is 4.74 Å². The lowest BCUT2D eigenvalue weighted by atomic mass is 10.3. The third-order valence-electron chi connectivity index (χ3n) is 2.12. The highest BCUT2D eigenvalue weighted by Gasteiger charge is 2.17. The molecule has 13 heavy (non-hydrogen) atoms. The van der Waals surface area contributed by atoms with E-state index in [1.54, 1.807) is 6.20 Å². The quantitative estimate of drug-likeness (QED) is 0.636. The van der Waals surface area contributed by atoms with Crippen LogP contribution in [0.3, 0.4) is 0 Å². The van der Waals surface area contributed by atoms with Crippen LogP contribution < -0.4 is 4.90 Å². The average molecular weight is 179 g/mol. The maximum absolute atomic E-state index is 5.44. The first-order chi connectivity index (χ1) is 6.36. The third-order valence-corrected chi connectivity index (χ3v) is 2.12.